The number of allylic oxidation sites excluding steroid dienone is 1. The van der Waals surface area contributed by atoms with Gasteiger partial charge in [0.2, 0.25) is 0 Å². The fraction of sp³-hybridized carbons (Fsp3) is 0.903. The first-order chi connectivity index (χ1) is 15.8. The maximum absolute atomic E-state index is 12.8. The van der Waals surface area contributed by atoms with Crippen LogP contribution in [0.25, 0.3) is 0 Å². The summed E-state index contributed by atoms with van der Waals surface area (Å²) >= 11 is 0. The molecule has 0 bridgehead atoms. The minimum absolute atomic E-state index is 0.211. The summed E-state index contributed by atoms with van der Waals surface area (Å²) in [6.45, 7) is 19.3. The molecule has 0 spiro atoms. The van der Waals surface area contributed by atoms with Gasteiger partial charge in [-0.3, -0.25) is 4.79 Å². The Bertz CT molecular complexity index is 876. The van der Waals surface area contributed by atoms with E-state index in [9.17, 15) is 9.90 Å². The fourth-order valence-electron chi connectivity index (χ4n) is 11.9. The van der Waals surface area contributed by atoms with Crippen molar-refractivity contribution in [2.24, 2.45) is 56.7 Å². The lowest BCUT2D eigenvalue weighted by Crippen LogP contribution is -2.67. The number of hydrogen-bond acceptors (Lipinski definition) is 2. The third-order valence-corrected chi connectivity index (χ3v) is 13.7. The summed E-state index contributed by atoms with van der Waals surface area (Å²) < 4.78 is 6.02. The summed E-state index contributed by atoms with van der Waals surface area (Å²) in [6.07, 6.45) is 11.7. The summed E-state index contributed by atoms with van der Waals surface area (Å²) in [4.78, 5) is 12.8. The van der Waals surface area contributed by atoms with Crippen molar-refractivity contribution in [2.75, 3.05) is 7.11 Å². The Hall–Kier alpha value is -0.830. The second-order valence-corrected chi connectivity index (χ2v) is 14.7. The van der Waals surface area contributed by atoms with E-state index < -0.39 is 11.4 Å². The van der Waals surface area contributed by atoms with Crippen LogP contribution < -0.4 is 0 Å². The van der Waals surface area contributed by atoms with Gasteiger partial charge in [0.15, 0.2) is 0 Å². The van der Waals surface area contributed by atoms with E-state index in [1.165, 1.54) is 44.1 Å². The van der Waals surface area contributed by atoms with Gasteiger partial charge in [0.25, 0.3) is 0 Å². The van der Waals surface area contributed by atoms with Crippen LogP contribution in [0.2, 0.25) is 0 Å². The number of rotatable bonds is 3. The second kappa shape index (κ2) is 7.59. The van der Waals surface area contributed by atoms with Crippen LogP contribution in [-0.2, 0) is 9.53 Å². The van der Waals surface area contributed by atoms with Gasteiger partial charge in [0, 0.05) is 7.11 Å². The predicted octanol–water partition coefficient (Wildman–Crippen LogP) is 7.74. The van der Waals surface area contributed by atoms with Gasteiger partial charge in [-0.05, 0) is 122 Å². The van der Waals surface area contributed by atoms with Crippen molar-refractivity contribution in [1.82, 2.24) is 0 Å². The molecule has 0 amide bonds. The van der Waals surface area contributed by atoms with Crippen LogP contribution >= 0.6 is 0 Å². The Kier molecular flexibility index (Phi) is 5.55. The molecule has 10 atom stereocenters. The zero-order chi connectivity index (χ0) is 24.9. The molecular weight excluding hydrogens is 420 g/mol. The van der Waals surface area contributed by atoms with Crippen molar-refractivity contribution in [1.29, 1.82) is 0 Å². The van der Waals surface area contributed by atoms with Gasteiger partial charge in [-0.1, -0.05) is 46.8 Å². The molecule has 0 aliphatic heterocycles. The van der Waals surface area contributed by atoms with Gasteiger partial charge in [0.1, 0.15) is 0 Å². The lowest BCUT2D eigenvalue weighted by Gasteiger charge is -2.72. The molecule has 0 radical (unpaired) electrons. The second-order valence-electron chi connectivity index (χ2n) is 14.7. The molecular formula is C31H50O3. The average Bonchev–Trinajstić information content (AvgIpc) is 3.15. The number of methoxy groups -OCH3 is 1. The van der Waals surface area contributed by atoms with Crippen molar-refractivity contribution in [3.05, 3.63) is 12.2 Å². The summed E-state index contributed by atoms with van der Waals surface area (Å²) in [5.74, 6) is 2.05. The molecule has 34 heavy (non-hydrogen) atoms. The van der Waals surface area contributed by atoms with Crippen LogP contribution in [0.5, 0.6) is 0 Å². The third-order valence-electron chi connectivity index (χ3n) is 13.7. The molecule has 3 nitrogen and oxygen atoms in total. The van der Waals surface area contributed by atoms with E-state index in [2.05, 4.69) is 48.1 Å². The molecule has 5 fully saturated rings. The molecule has 0 aromatic heterocycles. The lowest BCUT2D eigenvalue weighted by molar-refractivity contribution is -0.249. The Morgan fingerprint density at radius 1 is 0.853 bits per heavy atom. The van der Waals surface area contributed by atoms with Gasteiger partial charge in [0.05, 0.1) is 11.5 Å². The Balaban J connectivity index is 1.55. The molecule has 5 aliphatic carbocycles. The highest BCUT2D eigenvalue weighted by Crippen LogP contribution is 2.77. The molecule has 5 rings (SSSR count). The van der Waals surface area contributed by atoms with Crippen LogP contribution in [-0.4, -0.2) is 24.3 Å². The monoisotopic (exact) mass is 470 g/mol. The Morgan fingerprint density at radius 3 is 2.18 bits per heavy atom. The average molecular weight is 471 g/mol. The predicted molar refractivity (Wildman–Crippen MR) is 137 cm³/mol. The molecule has 3 heteroatoms. The maximum Gasteiger partial charge on any atom is 0.309 e. The van der Waals surface area contributed by atoms with Gasteiger partial charge in [-0.25, -0.2) is 0 Å². The number of aliphatic carboxylic acids is 1. The van der Waals surface area contributed by atoms with Crippen LogP contribution in [0.15, 0.2) is 12.2 Å². The van der Waals surface area contributed by atoms with Gasteiger partial charge in [-0.2, -0.15) is 0 Å². The van der Waals surface area contributed by atoms with E-state index >= 15 is 0 Å². The van der Waals surface area contributed by atoms with Crippen molar-refractivity contribution in [2.45, 2.75) is 112 Å². The lowest BCUT2D eigenvalue weighted by atomic mass is 9.32. The standard InChI is InChI=1S/C31H50O3/c1-19(2)20-11-16-31(26(32)33)18-17-29(6)21(25(20)31)9-10-23-28(5)14-13-24(34-8)27(3,4)22(28)12-15-30(23,29)7/h20-25H,1,9-18H2,2-8H3,(H,32,33)/t20-,21+,22-,23+,24+,25+,28-,29+,30+,31-/m0/s1. The van der Waals surface area contributed by atoms with E-state index in [0.717, 1.165) is 31.6 Å². The molecule has 192 valence electrons. The zero-order valence-electron chi connectivity index (χ0n) is 23.0. The SMILES string of the molecule is C=C(C)[C@@H]1CC[C@]2(C(=O)O)CC[C@]3(C)[C@H](CC[C@@H]4[C@@]5(C)CC[C@@H](OC)C(C)(C)[C@@H]5CC[C@]43C)[C@@H]12. The number of carbonyl (C=O) groups is 1. The first-order valence-electron chi connectivity index (χ1n) is 14.2. The first kappa shape index (κ1) is 24.8. The van der Waals surface area contributed by atoms with E-state index in [1.54, 1.807) is 0 Å². The smallest absolute Gasteiger partial charge is 0.309 e. The number of carboxylic acids is 1. The molecule has 0 saturated heterocycles. The van der Waals surface area contributed by atoms with Crippen LogP contribution in [0, 0.1) is 56.7 Å². The topological polar surface area (TPSA) is 46.5 Å². The highest BCUT2D eigenvalue weighted by Gasteiger charge is 2.72. The van der Waals surface area contributed by atoms with E-state index in [4.69, 9.17) is 4.74 Å². The molecule has 5 aliphatic rings. The molecule has 5 saturated carbocycles. The number of fused-ring (bicyclic) bond motifs is 7. The van der Waals surface area contributed by atoms with Gasteiger partial charge >= 0.3 is 5.97 Å². The van der Waals surface area contributed by atoms with Crippen LogP contribution in [0.4, 0.5) is 0 Å². The largest absolute Gasteiger partial charge is 0.481 e. The van der Waals surface area contributed by atoms with Crippen molar-refractivity contribution < 1.29 is 14.6 Å². The van der Waals surface area contributed by atoms with Gasteiger partial charge < -0.3 is 9.84 Å². The Labute approximate surface area is 208 Å². The minimum Gasteiger partial charge on any atom is -0.481 e. The molecule has 0 heterocycles. The highest BCUT2D eigenvalue weighted by atomic mass is 16.5. The van der Waals surface area contributed by atoms with Crippen molar-refractivity contribution in [3.8, 4) is 0 Å². The minimum atomic E-state index is -0.522. The van der Waals surface area contributed by atoms with Crippen molar-refractivity contribution >= 4 is 5.97 Å². The molecule has 0 aromatic carbocycles. The fourth-order valence-corrected chi connectivity index (χ4v) is 11.9. The number of carboxylic acid groups (broad SMARTS) is 1. The number of ether oxygens (including phenoxy) is 1. The summed E-state index contributed by atoms with van der Waals surface area (Å²) in [5.41, 5.74) is 1.76. The number of hydrogen-bond donors (Lipinski definition) is 1. The van der Waals surface area contributed by atoms with E-state index in [0.29, 0.717) is 29.3 Å². The molecule has 0 aromatic rings. The summed E-state index contributed by atoms with van der Waals surface area (Å²) in [6, 6.07) is 0. The summed E-state index contributed by atoms with van der Waals surface area (Å²) in [7, 11) is 1.91. The van der Waals surface area contributed by atoms with Crippen LogP contribution in [0.3, 0.4) is 0 Å². The third kappa shape index (κ3) is 2.83. The quantitative estimate of drug-likeness (QED) is 0.429. The van der Waals surface area contributed by atoms with E-state index in [1.807, 2.05) is 7.11 Å². The zero-order valence-corrected chi connectivity index (χ0v) is 23.0. The maximum atomic E-state index is 12.8. The Morgan fingerprint density at radius 2 is 1.56 bits per heavy atom. The van der Waals surface area contributed by atoms with Crippen LogP contribution in [0.1, 0.15) is 106 Å². The highest BCUT2D eigenvalue weighted by molar-refractivity contribution is 5.76. The van der Waals surface area contributed by atoms with E-state index in [-0.39, 0.29) is 22.2 Å². The normalized spacial score (nSPS) is 53.7. The molecule has 1 N–H and O–H groups in total. The van der Waals surface area contributed by atoms with Gasteiger partial charge in [-0.15, -0.1) is 0 Å². The van der Waals surface area contributed by atoms with Crippen molar-refractivity contribution in [3.63, 3.8) is 0 Å². The summed E-state index contributed by atoms with van der Waals surface area (Å²) in [5, 5.41) is 10.5. The first-order valence-corrected chi connectivity index (χ1v) is 14.2. The molecule has 0 unspecified atom stereocenters.